The molecule has 1 aromatic carbocycles. The van der Waals surface area contributed by atoms with E-state index in [0.717, 1.165) is 28.1 Å². The van der Waals surface area contributed by atoms with E-state index >= 15 is 0 Å². The quantitative estimate of drug-likeness (QED) is 0.741. The second-order valence-corrected chi connectivity index (χ2v) is 5.21. The molecular formula is C17H16N4O. The van der Waals surface area contributed by atoms with Crippen LogP contribution >= 0.6 is 0 Å². The highest BCUT2D eigenvalue weighted by atomic mass is 16.5. The van der Waals surface area contributed by atoms with Gasteiger partial charge in [-0.15, -0.1) is 0 Å². The van der Waals surface area contributed by atoms with E-state index in [0.29, 0.717) is 18.7 Å². The largest absolute Gasteiger partial charge is 0.377 e. The van der Waals surface area contributed by atoms with E-state index in [9.17, 15) is 0 Å². The SMILES string of the molecule is COCc1nc2cc(C)cnc2n1Cc1ccc(C#N)cc1. The molecule has 0 saturated heterocycles. The third kappa shape index (κ3) is 2.69. The van der Waals surface area contributed by atoms with Crippen LogP contribution in [0.3, 0.4) is 0 Å². The second-order valence-electron chi connectivity index (χ2n) is 5.21. The molecule has 2 heterocycles. The summed E-state index contributed by atoms with van der Waals surface area (Å²) in [4.78, 5) is 9.12. The Kier molecular flexibility index (Phi) is 3.86. The summed E-state index contributed by atoms with van der Waals surface area (Å²) in [5.74, 6) is 0.847. The Morgan fingerprint density at radius 1 is 1.27 bits per heavy atom. The van der Waals surface area contributed by atoms with Gasteiger partial charge in [-0.2, -0.15) is 5.26 Å². The number of methoxy groups -OCH3 is 1. The van der Waals surface area contributed by atoms with Crippen LogP contribution in [0.1, 0.15) is 22.5 Å². The third-order valence-corrected chi connectivity index (χ3v) is 3.50. The van der Waals surface area contributed by atoms with Gasteiger partial charge in [0.05, 0.1) is 18.2 Å². The number of pyridine rings is 1. The smallest absolute Gasteiger partial charge is 0.160 e. The summed E-state index contributed by atoms with van der Waals surface area (Å²) in [5, 5.41) is 8.87. The highest BCUT2D eigenvalue weighted by Gasteiger charge is 2.12. The molecule has 3 rings (SSSR count). The highest BCUT2D eigenvalue weighted by molar-refractivity contribution is 5.72. The first-order chi connectivity index (χ1) is 10.7. The molecule has 0 saturated carbocycles. The molecule has 2 aromatic heterocycles. The van der Waals surface area contributed by atoms with Gasteiger partial charge in [-0.1, -0.05) is 12.1 Å². The molecule has 22 heavy (non-hydrogen) atoms. The fourth-order valence-electron chi connectivity index (χ4n) is 2.43. The molecule has 0 fully saturated rings. The van der Waals surface area contributed by atoms with Crippen molar-refractivity contribution < 1.29 is 4.74 Å². The van der Waals surface area contributed by atoms with Crippen molar-refractivity contribution >= 4 is 11.2 Å². The molecule has 0 spiro atoms. The minimum absolute atomic E-state index is 0.436. The first-order valence-electron chi connectivity index (χ1n) is 7.01. The Balaban J connectivity index is 2.03. The minimum atomic E-state index is 0.436. The molecule has 0 bridgehead atoms. The molecule has 0 atom stereocenters. The lowest BCUT2D eigenvalue weighted by Gasteiger charge is -2.08. The van der Waals surface area contributed by atoms with E-state index in [2.05, 4.69) is 20.6 Å². The maximum atomic E-state index is 8.87. The zero-order chi connectivity index (χ0) is 15.5. The van der Waals surface area contributed by atoms with Gasteiger partial charge >= 0.3 is 0 Å². The lowest BCUT2D eigenvalue weighted by molar-refractivity contribution is 0.175. The zero-order valence-corrected chi connectivity index (χ0v) is 12.6. The maximum absolute atomic E-state index is 8.87. The lowest BCUT2D eigenvalue weighted by Crippen LogP contribution is -2.07. The summed E-state index contributed by atoms with van der Waals surface area (Å²) >= 11 is 0. The number of hydrogen-bond acceptors (Lipinski definition) is 4. The number of benzene rings is 1. The predicted octanol–water partition coefficient (Wildman–Crippen LogP) is 2.81. The lowest BCUT2D eigenvalue weighted by atomic mass is 10.1. The maximum Gasteiger partial charge on any atom is 0.160 e. The van der Waals surface area contributed by atoms with Crippen molar-refractivity contribution in [2.24, 2.45) is 0 Å². The molecule has 3 aromatic rings. The second kappa shape index (κ2) is 5.96. The van der Waals surface area contributed by atoms with Crippen molar-refractivity contribution in [1.29, 1.82) is 5.26 Å². The topological polar surface area (TPSA) is 63.7 Å². The first-order valence-corrected chi connectivity index (χ1v) is 7.01. The van der Waals surface area contributed by atoms with Gasteiger partial charge in [0.2, 0.25) is 0 Å². The Bertz CT molecular complexity index is 843. The van der Waals surface area contributed by atoms with E-state index in [1.165, 1.54) is 0 Å². The van der Waals surface area contributed by atoms with Crippen molar-refractivity contribution in [2.45, 2.75) is 20.1 Å². The van der Waals surface area contributed by atoms with E-state index in [-0.39, 0.29) is 0 Å². The van der Waals surface area contributed by atoms with Crippen molar-refractivity contribution in [3.63, 3.8) is 0 Å². The number of hydrogen-bond donors (Lipinski definition) is 0. The Hall–Kier alpha value is -2.71. The number of imidazole rings is 1. The number of aryl methyl sites for hydroxylation is 1. The third-order valence-electron chi connectivity index (χ3n) is 3.50. The molecule has 0 radical (unpaired) electrons. The van der Waals surface area contributed by atoms with Crippen LogP contribution in [-0.4, -0.2) is 21.6 Å². The van der Waals surface area contributed by atoms with Crippen LogP contribution in [0.2, 0.25) is 0 Å². The van der Waals surface area contributed by atoms with Gasteiger partial charge in [0.1, 0.15) is 17.9 Å². The van der Waals surface area contributed by atoms with Gasteiger partial charge in [-0.05, 0) is 36.2 Å². The molecule has 110 valence electrons. The van der Waals surface area contributed by atoms with Crippen molar-refractivity contribution in [3.05, 3.63) is 59.0 Å². The van der Waals surface area contributed by atoms with Gasteiger partial charge in [0.15, 0.2) is 5.65 Å². The highest BCUT2D eigenvalue weighted by Crippen LogP contribution is 2.18. The van der Waals surface area contributed by atoms with Crippen LogP contribution < -0.4 is 0 Å². The monoisotopic (exact) mass is 292 g/mol. The molecule has 0 N–H and O–H groups in total. The van der Waals surface area contributed by atoms with Crippen molar-refractivity contribution in [1.82, 2.24) is 14.5 Å². The van der Waals surface area contributed by atoms with Gasteiger partial charge in [0.25, 0.3) is 0 Å². The molecule has 5 nitrogen and oxygen atoms in total. The average molecular weight is 292 g/mol. The molecule has 0 aliphatic carbocycles. The summed E-state index contributed by atoms with van der Waals surface area (Å²) < 4.78 is 7.30. The average Bonchev–Trinajstić information content (AvgIpc) is 2.85. The normalized spacial score (nSPS) is 10.8. The summed E-state index contributed by atoms with van der Waals surface area (Å²) in [6, 6.07) is 11.7. The summed E-state index contributed by atoms with van der Waals surface area (Å²) in [5.41, 5.74) is 4.56. The van der Waals surface area contributed by atoms with Crippen molar-refractivity contribution in [3.8, 4) is 6.07 Å². The van der Waals surface area contributed by atoms with Crippen LogP contribution in [0.15, 0.2) is 36.5 Å². The van der Waals surface area contributed by atoms with E-state index in [4.69, 9.17) is 10.00 Å². The van der Waals surface area contributed by atoms with Crippen LogP contribution in [-0.2, 0) is 17.9 Å². The molecular weight excluding hydrogens is 276 g/mol. The van der Waals surface area contributed by atoms with Crippen LogP contribution in [0, 0.1) is 18.3 Å². The molecule has 0 unspecified atom stereocenters. The molecule has 0 aliphatic rings. The van der Waals surface area contributed by atoms with Gasteiger partial charge in [-0.3, -0.25) is 0 Å². The van der Waals surface area contributed by atoms with E-state index in [1.54, 1.807) is 7.11 Å². The van der Waals surface area contributed by atoms with Gasteiger partial charge in [-0.25, -0.2) is 9.97 Å². The number of rotatable bonds is 4. The Morgan fingerprint density at radius 3 is 2.73 bits per heavy atom. The fourth-order valence-corrected chi connectivity index (χ4v) is 2.43. The summed E-state index contributed by atoms with van der Waals surface area (Å²) in [7, 11) is 1.66. The van der Waals surface area contributed by atoms with E-state index < -0.39 is 0 Å². The van der Waals surface area contributed by atoms with Gasteiger partial charge in [0, 0.05) is 13.3 Å². The van der Waals surface area contributed by atoms with Crippen LogP contribution in [0.25, 0.3) is 11.2 Å². The van der Waals surface area contributed by atoms with E-state index in [1.807, 2.05) is 43.5 Å². The summed E-state index contributed by atoms with van der Waals surface area (Å²) in [6.45, 7) is 3.09. The Labute approximate surface area is 128 Å². The summed E-state index contributed by atoms with van der Waals surface area (Å²) in [6.07, 6.45) is 1.84. The predicted molar refractivity (Wildman–Crippen MR) is 83.2 cm³/mol. The molecule has 5 heteroatoms. The first kappa shape index (κ1) is 14.2. The number of nitriles is 1. The Morgan fingerprint density at radius 2 is 2.05 bits per heavy atom. The van der Waals surface area contributed by atoms with Crippen LogP contribution in [0.4, 0.5) is 0 Å². The number of nitrogens with zero attached hydrogens (tertiary/aromatic N) is 4. The van der Waals surface area contributed by atoms with Crippen LogP contribution in [0.5, 0.6) is 0 Å². The molecule has 0 amide bonds. The number of aromatic nitrogens is 3. The van der Waals surface area contributed by atoms with Gasteiger partial charge < -0.3 is 9.30 Å². The zero-order valence-electron chi connectivity index (χ0n) is 12.6. The fraction of sp³-hybridized carbons (Fsp3) is 0.235. The standard InChI is InChI=1S/C17H16N4O/c1-12-7-15-17(19-9-12)21(16(20-15)11-22-2)10-14-5-3-13(8-18)4-6-14/h3-7,9H,10-11H2,1-2H3. The van der Waals surface area contributed by atoms with Crippen molar-refractivity contribution in [2.75, 3.05) is 7.11 Å². The number of ether oxygens (including phenoxy) is 1. The molecule has 0 aliphatic heterocycles. The minimum Gasteiger partial charge on any atom is -0.377 e. The number of fused-ring (bicyclic) bond motifs is 1.